The number of nitrogens with zero attached hydrogens (tertiary/aromatic N) is 3. The Hall–Kier alpha value is -2.69. The van der Waals surface area contributed by atoms with Crippen molar-refractivity contribution >= 4 is 33.4 Å². The second-order valence-corrected chi connectivity index (χ2v) is 11.2. The Morgan fingerprint density at radius 3 is 2.36 bits per heavy atom. The number of amides is 1. The molecule has 0 saturated carbocycles. The Kier molecular flexibility index (Phi) is 7.16. The number of nitrogens with one attached hydrogen (secondary N) is 1. The van der Waals surface area contributed by atoms with Gasteiger partial charge in [0.25, 0.3) is 5.22 Å². The third-order valence-corrected chi connectivity index (χ3v) is 8.27. The van der Waals surface area contributed by atoms with E-state index in [4.69, 9.17) is 4.42 Å². The van der Waals surface area contributed by atoms with Gasteiger partial charge in [-0.2, -0.15) is 4.31 Å². The molecule has 0 aliphatic carbocycles. The average Bonchev–Trinajstić information content (AvgIpc) is 3.29. The van der Waals surface area contributed by atoms with Gasteiger partial charge in [-0.15, -0.1) is 10.2 Å². The summed E-state index contributed by atoms with van der Waals surface area (Å²) in [5.41, 5.74) is 2.47. The first-order chi connectivity index (χ1) is 15.8. The highest BCUT2D eigenvalue weighted by Gasteiger charge is 2.26. The van der Waals surface area contributed by atoms with Crippen molar-refractivity contribution in [2.24, 2.45) is 0 Å². The SMILES string of the molecule is Cc1ccc(-c2nnc(SC(C)C(=O)Nc3ccc(S(=O)(=O)N4CCCCC4)cc3)o2)cc1. The van der Waals surface area contributed by atoms with Crippen molar-refractivity contribution in [1.82, 2.24) is 14.5 Å². The van der Waals surface area contributed by atoms with Crippen LogP contribution in [0.5, 0.6) is 0 Å². The number of hydrogen-bond donors (Lipinski definition) is 1. The number of sulfonamides is 1. The van der Waals surface area contributed by atoms with E-state index in [1.165, 1.54) is 16.4 Å². The van der Waals surface area contributed by atoms with Crippen LogP contribution in [0, 0.1) is 6.92 Å². The van der Waals surface area contributed by atoms with E-state index in [1.54, 1.807) is 19.1 Å². The molecule has 10 heteroatoms. The monoisotopic (exact) mass is 486 g/mol. The lowest BCUT2D eigenvalue weighted by molar-refractivity contribution is -0.115. The fourth-order valence-corrected chi connectivity index (χ4v) is 5.68. The number of benzene rings is 2. The molecule has 0 bridgehead atoms. The number of carbonyl (C=O) groups excluding carboxylic acids is 1. The number of aromatic nitrogens is 2. The first-order valence-electron chi connectivity index (χ1n) is 10.8. The largest absolute Gasteiger partial charge is 0.411 e. The number of piperidine rings is 1. The molecule has 1 atom stereocenters. The first kappa shape index (κ1) is 23.5. The van der Waals surface area contributed by atoms with Crippen LogP contribution < -0.4 is 5.32 Å². The summed E-state index contributed by atoms with van der Waals surface area (Å²) in [4.78, 5) is 12.8. The lowest BCUT2D eigenvalue weighted by Gasteiger charge is -2.25. The number of anilines is 1. The summed E-state index contributed by atoms with van der Waals surface area (Å²) in [6.45, 7) is 4.85. The minimum Gasteiger partial charge on any atom is -0.411 e. The topological polar surface area (TPSA) is 105 Å². The molecule has 2 aromatic carbocycles. The van der Waals surface area contributed by atoms with Crippen LogP contribution in [0.4, 0.5) is 5.69 Å². The average molecular weight is 487 g/mol. The highest BCUT2D eigenvalue weighted by Crippen LogP contribution is 2.27. The van der Waals surface area contributed by atoms with Gasteiger partial charge in [-0.1, -0.05) is 35.9 Å². The van der Waals surface area contributed by atoms with Gasteiger partial charge in [-0.3, -0.25) is 4.79 Å². The molecule has 1 unspecified atom stereocenters. The molecule has 1 saturated heterocycles. The fourth-order valence-electron chi connectivity index (χ4n) is 3.48. The number of aryl methyl sites for hydroxylation is 1. The van der Waals surface area contributed by atoms with Gasteiger partial charge in [-0.25, -0.2) is 8.42 Å². The predicted octanol–water partition coefficient (Wildman–Crippen LogP) is 4.34. The lowest BCUT2D eigenvalue weighted by atomic mass is 10.1. The van der Waals surface area contributed by atoms with Crippen LogP contribution in [0.15, 0.2) is 63.1 Å². The summed E-state index contributed by atoms with van der Waals surface area (Å²) < 4.78 is 32.7. The number of rotatable bonds is 7. The minimum atomic E-state index is -3.50. The van der Waals surface area contributed by atoms with Crippen LogP contribution >= 0.6 is 11.8 Å². The maximum atomic E-state index is 12.8. The Bertz CT molecular complexity index is 1200. The standard InChI is InChI=1S/C23H26N4O4S2/c1-16-6-8-18(9-7-16)22-25-26-23(31-22)32-17(2)21(28)24-19-10-12-20(13-11-19)33(29,30)27-14-4-3-5-15-27/h6-13,17H,3-5,14-15H2,1-2H3,(H,24,28). The van der Waals surface area contributed by atoms with Crippen LogP contribution in [0.3, 0.4) is 0 Å². The second kappa shape index (κ2) is 10.1. The number of thioether (sulfide) groups is 1. The normalized spacial score (nSPS) is 15.8. The maximum Gasteiger partial charge on any atom is 0.277 e. The van der Waals surface area contributed by atoms with E-state index < -0.39 is 15.3 Å². The summed E-state index contributed by atoms with van der Waals surface area (Å²) >= 11 is 1.16. The van der Waals surface area contributed by atoms with Gasteiger partial charge in [0, 0.05) is 24.3 Å². The molecular weight excluding hydrogens is 460 g/mol. The van der Waals surface area contributed by atoms with Crippen molar-refractivity contribution in [2.45, 2.75) is 48.5 Å². The second-order valence-electron chi connectivity index (χ2n) is 7.98. The lowest BCUT2D eigenvalue weighted by Crippen LogP contribution is -2.35. The Morgan fingerprint density at radius 1 is 1.03 bits per heavy atom. The van der Waals surface area contributed by atoms with Crippen molar-refractivity contribution < 1.29 is 17.6 Å². The highest BCUT2D eigenvalue weighted by atomic mass is 32.2. The van der Waals surface area contributed by atoms with Crippen LogP contribution in [0.2, 0.25) is 0 Å². The van der Waals surface area contributed by atoms with Crippen molar-refractivity contribution in [3.05, 3.63) is 54.1 Å². The fraction of sp³-hybridized carbons (Fsp3) is 0.348. The number of carbonyl (C=O) groups is 1. The zero-order valence-electron chi connectivity index (χ0n) is 18.5. The zero-order valence-corrected chi connectivity index (χ0v) is 20.2. The van der Waals surface area contributed by atoms with Gasteiger partial charge in [0.15, 0.2) is 0 Å². The van der Waals surface area contributed by atoms with Gasteiger partial charge in [0.2, 0.25) is 21.8 Å². The molecule has 1 fully saturated rings. The van der Waals surface area contributed by atoms with Gasteiger partial charge >= 0.3 is 0 Å². The van der Waals surface area contributed by atoms with Crippen LogP contribution in [0.1, 0.15) is 31.7 Å². The maximum absolute atomic E-state index is 12.8. The molecule has 3 aromatic rings. The Morgan fingerprint density at radius 2 is 1.70 bits per heavy atom. The summed E-state index contributed by atoms with van der Waals surface area (Å²) in [7, 11) is -3.50. The van der Waals surface area contributed by atoms with Crippen molar-refractivity contribution in [3.63, 3.8) is 0 Å². The van der Waals surface area contributed by atoms with Crippen LogP contribution in [-0.4, -0.2) is 47.2 Å². The first-order valence-corrected chi connectivity index (χ1v) is 13.1. The van der Waals surface area contributed by atoms with Crippen molar-refractivity contribution in [1.29, 1.82) is 0 Å². The summed E-state index contributed by atoms with van der Waals surface area (Å²) in [6, 6.07) is 14.0. The smallest absolute Gasteiger partial charge is 0.277 e. The molecule has 2 heterocycles. The minimum absolute atomic E-state index is 0.235. The van der Waals surface area contributed by atoms with E-state index in [-0.39, 0.29) is 10.8 Å². The van der Waals surface area contributed by atoms with E-state index in [0.717, 1.165) is 42.2 Å². The predicted molar refractivity (Wildman–Crippen MR) is 127 cm³/mol. The van der Waals surface area contributed by atoms with Crippen molar-refractivity contribution in [3.8, 4) is 11.5 Å². The zero-order chi connectivity index (χ0) is 23.4. The molecule has 33 heavy (non-hydrogen) atoms. The Labute approximate surface area is 197 Å². The van der Waals surface area contributed by atoms with E-state index in [0.29, 0.717) is 29.9 Å². The number of hydrogen-bond acceptors (Lipinski definition) is 7. The van der Waals surface area contributed by atoms with Crippen LogP contribution in [0.25, 0.3) is 11.5 Å². The van der Waals surface area contributed by atoms with E-state index in [9.17, 15) is 13.2 Å². The van der Waals surface area contributed by atoms with Gasteiger partial charge in [0.1, 0.15) is 0 Å². The van der Waals surface area contributed by atoms with E-state index in [2.05, 4.69) is 15.5 Å². The molecule has 1 aliphatic rings. The molecule has 1 aromatic heterocycles. The van der Waals surface area contributed by atoms with Gasteiger partial charge < -0.3 is 9.73 Å². The van der Waals surface area contributed by atoms with Gasteiger partial charge in [0.05, 0.1) is 10.1 Å². The molecule has 1 amide bonds. The molecule has 8 nitrogen and oxygen atoms in total. The van der Waals surface area contributed by atoms with E-state index in [1.807, 2.05) is 31.2 Å². The van der Waals surface area contributed by atoms with Crippen LogP contribution in [-0.2, 0) is 14.8 Å². The highest BCUT2D eigenvalue weighted by molar-refractivity contribution is 8.00. The molecule has 4 rings (SSSR count). The van der Waals surface area contributed by atoms with Crippen molar-refractivity contribution in [2.75, 3.05) is 18.4 Å². The third-order valence-electron chi connectivity index (χ3n) is 5.43. The Balaban J connectivity index is 1.35. The third kappa shape index (κ3) is 5.63. The summed E-state index contributed by atoms with van der Waals surface area (Å²) in [5.74, 6) is 0.150. The molecule has 0 radical (unpaired) electrons. The van der Waals surface area contributed by atoms with Gasteiger partial charge in [-0.05, 0) is 63.1 Å². The molecule has 0 spiro atoms. The van der Waals surface area contributed by atoms with E-state index >= 15 is 0 Å². The summed E-state index contributed by atoms with van der Waals surface area (Å²) in [5, 5.41) is 10.7. The molecular formula is C23H26N4O4S2. The molecule has 174 valence electrons. The summed E-state index contributed by atoms with van der Waals surface area (Å²) in [6.07, 6.45) is 2.83. The molecule has 1 N–H and O–H groups in total. The molecule has 1 aliphatic heterocycles. The quantitative estimate of drug-likeness (QED) is 0.495.